The van der Waals surface area contributed by atoms with Crippen LogP contribution in [0.3, 0.4) is 0 Å². The van der Waals surface area contributed by atoms with Gasteiger partial charge in [0.1, 0.15) is 0 Å². The third kappa shape index (κ3) is 10.9. The van der Waals surface area contributed by atoms with Crippen molar-refractivity contribution in [3.8, 4) is 0 Å². The Hall–Kier alpha value is -1.02. The smallest absolute Gasteiger partial charge is 0.395 e. The lowest BCUT2D eigenvalue weighted by Gasteiger charge is -2.10. The number of likely N-dealkylation sites (N-methyl/N-ethyl adjacent to an activating group) is 1. The van der Waals surface area contributed by atoms with E-state index in [2.05, 4.69) is 17.5 Å². The molecule has 0 aliphatic rings. The van der Waals surface area contributed by atoms with Crippen LogP contribution in [0.2, 0.25) is 0 Å². The first-order valence-corrected chi connectivity index (χ1v) is 6.36. The Labute approximate surface area is 123 Å². The maximum Gasteiger partial charge on any atom is 0.416 e. The van der Waals surface area contributed by atoms with Gasteiger partial charge in [-0.15, -0.1) is 0 Å². The zero-order valence-corrected chi connectivity index (χ0v) is 12.4. The van der Waals surface area contributed by atoms with Crippen molar-refractivity contribution >= 4 is 17.6 Å². The highest BCUT2D eigenvalue weighted by Crippen LogP contribution is 2.31. The van der Waals surface area contributed by atoms with Gasteiger partial charge in [-0.1, -0.05) is 30.4 Å². The van der Waals surface area contributed by atoms with Gasteiger partial charge in [0.05, 0.1) is 12.2 Å². The van der Waals surface area contributed by atoms with Crippen molar-refractivity contribution in [3.63, 3.8) is 0 Å². The van der Waals surface area contributed by atoms with E-state index in [0.29, 0.717) is 6.54 Å². The first-order chi connectivity index (χ1) is 9.38. The summed E-state index contributed by atoms with van der Waals surface area (Å²) in [4.78, 5) is 0. The van der Waals surface area contributed by atoms with Crippen LogP contribution in [0.5, 0.6) is 0 Å². The van der Waals surface area contributed by atoms with Crippen molar-refractivity contribution in [3.05, 3.63) is 35.4 Å². The fourth-order valence-electron chi connectivity index (χ4n) is 1.09. The molecule has 20 heavy (non-hydrogen) atoms. The van der Waals surface area contributed by atoms with Crippen LogP contribution in [0.25, 0.3) is 0 Å². The van der Waals surface area contributed by atoms with Gasteiger partial charge in [-0.3, -0.25) is 0 Å². The number of benzene rings is 1. The average Bonchev–Trinajstić information content (AvgIpc) is 2.40. The van der Waals surface area contributed by atoms with Gasteiger partial charge >= 0.3 is 6.18 Å². The fourth-order valence-corrected chi connectivity index (χ4v) is 1.09. The zero-order valence-electron chi connectivity index (χ0n) is 11.6. The maximum absolute atomic E-state index is 12.2. The van der Waals surface area contributed by atoms with Crippen LogP contribution in [0.15, 0.2) is 24.3 Å². The molecular weight excluding hydrogens is 289 g/mol. The monoisotopic (exact) mass is 310 g/mol. The van der Waals surface area contributed by atoms with E-state index in [9.17, 15) is 13.2 Å². The van der Waals surface area contributed by atoms with E-state index in [4.69, 9.17) is 10.8 Å². The standard InChI is InChI=1S/C8H8F3N.C3H9NO.C2H4S/c9-8(10,11)7-4-2-1-3-6(7)5-12;1-4-2-3-5;1-2-3/h1-4H,5,12H2;4-5H,2-3H2,1H3;2H,1H3. The van der Waals surface area contributed by atoms with Crippen molar-refractivity contribution in [1.82, 2.24) is 5.32 Å². The van der Waals surface area contributed by atoms with Gasteiger partial charge in [-0.05, 0) is 31.0 Å². The summed E-state index contributed by atoms with van der Waals surface area (Å²) < 4.78 is 36.5. The second-order valence-electron chi connectivity index (χ2n) is 3.42. The molecule has 0 aromatic heterocycles. The summed E-state index contributed by atoms with van der Waals surface area (Å²) in [7, 11) is 1.80. The highest BCUT2D eigenvalue weighted by Gasteiger charge is 2.32. The van der Waals surface area contributed by atoms with Gasteiger partial charge in [0.15, 0.2) is 0 Å². The minimum atomic E-state index is -4.30. The quantitative estimate of drug-likeness (QED) is 0.750. The Kier molecular flexibility index (Phi) is 13.8. The van der Waals surface area contributed by atoms with E-state index in [1.807, 2.05) is 6.92 Å². The van der Waals surface area contributed by atoms with Gasteiger partial charge in [-0.2, -0.15) is 13.2 Å². The van der Waals surface area contributed by atoms with Crippen LogP contribution >= 0.6 is 12.2 Å². The Bertz CT molecular complexity index is 358. The Morgan fingerprint density at radius 3 is 2.10 bits per heavy atom. The van der Waals surface area contributed by atoms with E-state index < -0.39 is 11.7 Å². The molecule has 0 bridgehead atoms. The Morgan fingerprint density at radius 2 is 1.85 bits per heavy atom. The van der Waals surface area contributed by atoms with E-state index in [1.165, 1.54) is 18.2 Å². The topological polar surface area (TPSA) is 58.3 Å². The molecule has 0 aliphatic carbocycles. The SMILES string of the molecule is CC=S.CNCCO.NCc1ccccc1C(F)(F)F. The number of hydrogen-bond acceptors (Lipinski definition) is 4. The first kappa shape index (κ1) is 21.3. The summed E-state index contributed by atoms with van der Waals surface area (Å²) in [5.41, 5.74) is 4.63. The van der Waals surface area contributed by atoms with Gasteiger partial charge in [0.25, 0.3) is 0 Å². The molecule has 4 N–H and O–H groups in total. The molecule has 116 valence electrons. The summed E-state index contributed by atoms with van der Waals surface area (Å²) in [5.74, 6) is 0. The minimum absolute atomic E-state index is 0.0876. The second kappa shape index (κ2) is 13.0. The molecule has 0 saturated heterocycles. The third-order valence-electron chi connectivity index (χ3n) is 1.90. The van der Waals surface area contributed by atoms with Crippen molar-refractivity contribution in [2.24, 2.45) is 5.73 Å². The molecule has 0 radical (unpaired) electrons. The lowest BCUT2D eigenvalue weighted by atomic mass is 10.1. The molecule has 1 rings (SSSR count). The van der Waals surface area contributed by atoms with Crippen LogP contribution in [0.1, 0.15) is 18.1 Å². The molecule has 0 saturated carbocycles. The average molecular weight is 310 g/mol. The van der Waals surface area contributed by atoms with Gasteiger partial charge in [-0.25, -0.2) is 0 Å². The second-order valence-corrected chi connectivity index (χ2v) is 3.89. The number of rotatable bonds is 3. The number of halogens is 3. The predicted octanol–water partition coefficient (Wildman–Crippen LogP) is 2.37. The van der Waals surface area contributed by atoms with Crippen LogP contribution in [0, 0.1) is 0 Å². The summed E-state index contributed by atoms with van der Waals surface area (Å²) >= 11 is 4.27. The number of aliphatic hydroxyl groups is 1. The van der Waals surface area contributed by atoms with Crippen LogP contribution in [-0.2, 0) is 12.7 Å². The number of hydrogen-bond donors (Lipinski definition) is 3. The molecule has 0 fully saturated rings. The molecule has 0 spiro atoms. The number of nitrogens with one attached hydrogen (secondary N) is 1. The Balaban J connectivity index is 0. The maximum atomic E-state index is 12.2. The Morgan fingerprint density at radius 1 is 1.35 bits per heavy atom. The summed E-state index contributed by atoms with van der Waals surface area (Å²) in [6, 6.07) is 5.30. The van der Waals surface area contributed by atoms with E-state index in [0.717, 1.165) is 6.07 Å². The van der Waals surface area contributed by atoms with Crippen LogP contribution < -0.4 is 11.1 Å². The molecule has 0 unspecified atom stereocenters. The number of aliphatic hydroxyl groups excluding tert-OH is 1. The highest BCUT2D eigenvalue weighted by atomic mass is 32.1. The summed E-state index contributed by atoms with van der Waals surface area (Å²) in [5, 5.41) is 12.4. The van der Waals surface area contributed by atoms with E-state index in [1.54, 1.807) is 12.4 Å². The van der Waals surface area contributed by atoms with Crippen molar-refractivity contribution in [1.29, 1.82) is 0 Å². The molecule has 0 aliphatic heterocycles. The van der Waals surface area contributed by atoms with E-state index in [-0.39, 0.29) is 18.7 Å². The van der Waals surface area contributed by atoms with Gasteiger partial charge in [0, 0.05) is 13.1 Å². The lowest BCUT2D eigenvalue weighted by molar-refractivity contribution is -0.138. The van der Waals surface area contributed by atoms with Crippen molar-refractivity contribution in [2.45, 2.75) is 19.6 Å². The minimum Gasteiger partial charge on any atom is -0.395 e. The third-order valence-corrected chi connectivity index (χ3v) is 1.90. The molecular formula is C13H21F3N2OS. The number of thiocarbonyl (C=S) groups is 1. The molecule has 3 nitrogen and oxygen atoms in total. The van der Waals surface area contributed by atoms with Crippen LogP contribution in [0.4, 0.5) is 13.2 Å². The predicted molar refractivity (Wildman–Crippen MR) is 79.7 cm³/mol. The number of nitrogens with two attached hydrogens (primary N) is 1. The molecule has 1 aromatic carbocycles. The molecule has 0 amide bonds. The van der Waals surface area contributed by atoms with Crippen molar-refractivity contribution < 1.29 is 18.3 Å². The van der Waals surface area contributed by atoms with Crippen LogP contribution in [-0.4, -0.2) is 30.7 Å². The fraction of sp³-hybridized carbons (Fsp3) is 0.462. The van der Waals surface area contributed by atoms with Gasteiger partial charge < -0.3 is 16.2 Å². The number of alkyl halides is 3. The molecule has 1 aromatic rings. The highest BCUT2D eigenvalue weighted by molar-refractivity contribution is 7.78. The van der Waals surface area contributed by atoms with E-state index >= 15 is 0 Å². The largest absolute Gasteiger partial charge is 0.416 e. The first-order valence-electron chi connectivity index (χ1n) is 5.89. The molecule has 0 atom stereocenters. The summed E-state index contributed by atoms with van der Waals surface area (Å²) in [6.45, 7) is 2.65. The normalized spacial score (nSPS) is 9.75. The molecule has 0 heterocycles. The molecule has 7 heteroatoms. The van der Waals surface area contributed by atoms with Crippen molar-refractivity contribution in [2.75, 3.05) is 20.2 Å². The summed E-state index contributed by atoms with van der Waals surface area (Å²) in [6.07, 6.45) is -4.30. The lowest BCUT2D eigenvalue weighted by Crippen LogP contribution is -2.11. The van der Waals surface area contributed by atoms with Gasteiger partial charge in [0.2, 0.25) is 0 Å². The zero-order chi connectivity index (χ0) is 16.0.